The molecule has 0 aliphatic rings. The third kappa shape index (κ3) is 4.74. The lowest BCUT2D eigenvalue weighted by molar-refractivity contribution is -0.122. The summed E-state index contributed by atoms with van der Waals surface area (Å²) in [6.45, 7) is 6.20. The molecule has 0 spiro atoms. The quantitative estimate of drug-likeness (QED) is 0.525. The Hall–Kier alpha value is -2.87. The van der Waals surface area contributed by atoms with Crippen LogP contribution in [0.2, 0.25) is 0 Å². The normalized spacial score (nSPS) is 11.8. The molecule has 7 nitrogen and oxygen atoms in total. The van der Waals surface area contributed by atoms with Gasteiger partial charge in [-0.25, -0.2) is 13.4 Å². The van der Waals surface area contributed by atoms with Crippen molar-refractivity contribution < 1.29 is 17.9 Å². The van der Waals surface area contributed by atoms with E-state index in [-0.39, 0.29) is 23.3 Å². The van der Waals surface area contributed by atoms with E-state index in [1.807, 2.05) is 43.5 Å². The predicted molar refractivity (Wildman–Crippen MR) is 121 cm³/mol. The number of carbonyl (C=O) groups excluding carboxylic acids is 1. The van der Waals surface area contributed by atoms with Crippen LogP contribution < -0.4 is 9.64 Å². The van der Waals surface area contributed by atoms with Crippen molar-refractivity contribution >= 4 is 27.2 Å². The molecule has 8 heteroatoms. The van der Waals surface area contributed by atoms with Crippen molar-refractivity contribution in [3.63, 3.8) is 0 Å². The highest BCUT2D eigenvalue weighted by Crippen LogP contribution is 2.29. The number of pyridine rings is 1. The first-order valence-electron chi connectivity index (χ1n) is 10.3. The molecule has 1 aromatic carbocycles. The van der Waals surface area contributed by atoms with Gasteiger partial charge in [-0.1, -0.05) is 26.0 Å². The number of sulfone groups is 1. The number of aryl methyl sites for hydroxylation is 1. The van der Waals surface area contributed by atoms with Crippen LogP contribution in [0.15, 0.2) is 47.5 Å². The SMILES string of the molecule is CCC(CC)C(=O)N(C)c1c(C)nc2c(OCc3ccc(S(C)(=O)=O)cc3)cccn12. The Morgan fingerprint density at radius 3 is 2.39 bits per heavy atom. The zero-order chi connectivity index (χ0) is 22.8. The van der Waals surface area contributed by atoms with Crippen LogP contribution in [-0.2, 0) is 21.2 Å². The first-order valence-corrected chi connectivity index (χ1v) is 12.2. The standard InChI is InChI=1S/C23H29N3O4S/c1-6-18(7-2)23(27)25(4)22-16(3)24-21-20(9-8-14-26(21)22)30-15-17-10-12-19(13-11-17)31(5,28)29/h8-14,18H,6-7,15H2,1-5H3. The second-order valence-electron chi connectivity index (χ2n) is 7.70. The summed E-state index contributed by atoms with van der Waals surface area (Å²) >= 11 is 0. The van der Waals surface area contributed by atoms with Crippen LogP contribution in [0.3, 0.4) is 0 Å². The maximum atomic E-state index is 12.9. The largest absolute Gasteiger partial charge is 0.485 e. The molecule has 0 bridgehead atoms. The van der Waals surface area contributed by atoms with Gasteiger partial charge in [-0.3, -0.25) is 14.1 Å². The number of hydrogen-bond acceptors (Lipinski definition) is 5. The number of ether oxygens (including phenoxy) is 1. The van der Waals surface area contributed by atoms with Crippen molar-refractivity contribution in [3.05, 3.63) is 53.9 Å². The second-order valence-corrected chi connectivity index (χ2v) is 9.72. The van der Waals surface area contributed by atoms with Crippen LogP contribution in [-0.4, -0.2) is 37.0 Å². The summed E-state index contributed by atoms with van der Waals surface area (Å²) in [4.78, 5) is 19.5. The van der Waals surface area contributed by atoms with Gasteiger partial charge < -0.3 is 4.74 Å². The van der Waals surface area contributed by atoms with E-state index in [2.05, 4.69) is 4.98 Å². The maximum Gasteiger partial charge on any atom is 0.230 e. The number of fused-ring (bicyclic) bond motifs is 1. The summed E-state index contributed by atoms with van der Waals surface area (Å²) in [6.07, 6.45) is 4.64. The number of aromatic nitrogens is 2. The maximum absolute atomic E-state index is 12.9. The van der Waals surface area contributed by atoms with E-state index in [0.717, 1.165) is 29.9 Å². The summed E-state index contributed by atoms with van der Waals surface area (Å²) in [5.41, 5.74) is 2.22. The molecular weight excluding hydrogens is 414 g/mol. The van der Waals surface area contributed by atoms with Crippen LogP contribution >= 0.6 is 0 Å². The fourth-order valence-electron chi connectivity index (χ4n) is 3.67. The Kier molecular flexibility index (Phi) is 6.69. The van der Waals surface area contributed by atoms with Gasteiger partial charge in [0.1, 0.15) is 12.4 Å². The number of amides is 1. The predicted octanol–water partition coefficient (Wildman–Crippen LogP) is 4.02. The minimum atomic E-state index is -3.23. The Morgan fingerprint density at radius 1 is 1.16 bits per heavy atom. The molecule has 0 atom stereocenters. The van der Waals surface area contributed by atoms with Gasteiger partial charge in [-0.05, 0) is 49.6 Å². The molecule has 3 rings (SSSR count). The summed E-state index contributed by atoms with van der Waals surface area (Å²) in [7, 11) is -1.44. The molecule has 0 aliphatic carbocycles. The zero-order valence-corrected chi connectivity index (χ0v) is 19.4. The van der Waals surface area contributed by atoms with Crippen LogP contribution in [0, 0.1) is 12.8 Å². The average molecular weight is 444 g/mol. The third-order valence-electron chi connectivity index (χ3n) is 5.49. The average Bonchev–Trinajstić information content (AvgIpc) is 3.08. The highest BCUT2D eigenvalue weighted by molar-refractivity contribution is 7.90. The van der Waals surface area contributed by atoms with Gasteiger partial charge >= 0.3 is 0 Å². The smallest absolute Gasteiger partial charge is 0.230 e. The number of carbonyl (C=O) groups is 1. The van der Waals surface area contributed by atoms with Crippen molar-refractivity contribution in [2.75, 3.05) is 18.2 Å². The fraction of sp³-hybridized carbons (Fsp3) is 0.391. The summed E-state index contributed by atoms with van der Waals surface area (Å²) in [6, 6.07) is 10.3. The minimum Gasteiger partial charge on any atom is -0.485 e. The lowest BCUT2D eigenvalue weighted by atomic mass is 10.0. The topological polar surface area (TPSA) is 81.0 Å². The van der Waals surface area contributed by atoms with Gasteiger partial charge in [0.05, 0.1) is 10.6 Å². The molecule has 3 aromatic rings. The Bertz CT molecular complexity index is 1180. The van der Waals surface area contributed by atoms with Crippen molar-refractivity contribution in [2.45, 2.75) is 45.1 Å². The molecule has 0 unspecified atom stereocenters. The number of anilines is 1. The lowest BCUT2D eigenvalue weighted by Gasteiger charge is -2.22. The number of rotatable bonds is 8. The number of hydrogen-bond donors (Lipinski definition) is 0. The molecule has 31 heavy (non-hydrogen) atoms. The van der Waals surface area contributed by atoms with Crippen molar-refractivity contribution in [1.29, 1.82) is 0 Å². The molecule has 1 amide bonds. The molecule has 0 fully saturated rings. The number of benzene rings is 1. The van der Waals surface area contributed by atoms with Gasteiger partial charge in [0.25, 0.3) is 0 Å². The summed E-state index contributed by atoms with van der Waals surface area (Å²) in [5.74, 6) is 1.37. The van der Waals surface area contributed by atoms with Gasteiger partial charge in [-0.2, -0.15) is 0 Å². The van der Waals surface area contributed by atoms with Crippen LogP contribution in [0.25, 0.3) is 5.65 Å². The molecule has 0 saturated carbocycles. The third-order valence-corrected chi connectivity index (χ3v) is 6.61. The first kappa shape index (κ1) is 22.8. The van der Waals surface area contributed by atoms with E-state index in [0.29, 0.717) is 11.4 Å². The Labute approximate surface area is 183 Å². The zero-order valence-electron chi connectivity index (χ0n) is 18.6. The first-order chi connectivity index (χ1) is 14.7. The van der Waals surface area contributed by atoms with Crippen molar-refractivity contribution in [3.8, 4) is 5.75 Å². The van der Waals surface area contributed by atoms with Crippen LogP contribution in [0.1, 0.15) is 37.9 Å². The molecule has 0 N–H and O–H groups in total. The van der Waals surface area contributed by atoms with E-state index in [4.69, 9.17) is 4.74 Å². The summed E-state index contributed by atoms with van der Waals surface area (Å²) in [5, 5.41) is 0. The molecule has 2 heterocycles. The van der Waals surface area contributed by atoms with E-state index in [9.17, 15) is 13.2 Å². The van der Waals surface area contributed by atoms with E-state index < -0.39 is 9.84 Å². The van der Waals surface area contributed by atoms with Gasteiger partial charge in [0.15, 0.2) is 21.2 Å². The minimum absolute atomic E-state index is 0.0238. The monoisotopic (exact) mass is 443 g/mol. The number of imidazole rings is 1. The molecule has 2 aromatic heterocycles. The molecule has 0 saturated heterocycles. The van der Waals surface area contributed by atoms with Gasteiger partial charge in [-0.15, -0.1) is 0 Å². The van der Waals surface area contributed by atoms with Crippen LogP contribution in [0.4, 0.5) is 5.82 Å². The van der Waals surface area contributed by atoms with Gasteiger partial charge in [0, 0.05) is 25.4 Å². The molecule has 0 radical (unpaired) electrons. The van der Waals surface area contributed by atoms with E-state index >= 15 is 0 Å². The van der Waals surface area contributed by atoms with E-state index in [1.165, 1.54) is 6.26 Å². The number of nitrogens with zero attached hydrogens (tertiary/aromatic N) is 3. The fourth-order valence-corrected chi connectivity index (χ4v) is 4.30. The Morgan fingerprint density at radius 2 is 1.81 bits per heavy atom. The Balaban J connectivity index is 1.87. The molecule has 166 valence electrons. The van der Waals surface area contributed by atoms with Gasteiger partial charge in [0.2, 0.25) is 5.91 Å². The highest BCUT2D eigenvalue weighted by atomic mass is 32.2. The second kappa shape index (κ2) is 9.09. The summed E-state index contributed by atoms with van der Waals surface area (Å²) < 4.78 is 31.1. The van der Waals surface area contributed by atoms with Crippen LogP contribution in [0.5, 0.6) is 5.75 Å². The molecule has 0 aliphatic heterocycles. The lowest BCUT2D eigenvalue weighted by Crippen LogP contribution is -2.33. The van der Waals surface area contributed by atoms with E-state index in [1.54, 1.807) is 36.2 Å². The molecular formula is C23H29N3O4S. The highest BCUT2D eigenvalue weighted by Gasteiger charge is 2.24. The van der Waals surface area contributed by atoms with Crippen molar-refractivity contribution in [1.82, 2.24) is 9.38 Å². The van der Waals surface area contributed by atoms with Crippen molar-refractivity contribution in [2.24, 2.45) is 5.92 Å².